The minimum atomic E-state index is -2.66. The Bertz CT molecular complexity index is 965. The highest BCUT2D eigenvalue weighted by molar-refractivity contribution is 5.85. The van der Waals surface area contributed by atoms with Crippen LogP contribution in [0.4, 0.5) is 13.2 Å². The van der Waals surface area contributed by atoms with E-state index in [1.807, 2.05) is 7.05 Å². The molecule has 0 unspecified atom stereocenters. The van der Waals surface area contributed by atoms with E-state index in [9.17, 15) is 13.2 Å². The van der Waals surface area contributed by atoms with Crippen LogP contribution in [0.15, 0.2) is 24.4 Å². The minimum Gasteiger partial charge on any atom is -0.302 e. The molecule has 4 nitrogen and oxygen atoms in total. The maximum absolute atomic E-state index is 13.8. The summed E-state index contributed by atoms with van der Waals surface area (Å²) in [6.45, 7) is 0.260. The molecule has 0 atom stereocenters. The maximum Gasteiger partial charge on any atom is 0.320 e. The van der Waals surface area contributed by atoms with E-state index in [0.29, 0.717) is 35.6 Å². The van der Waals surface area contributed by atoms with E-state index >= 15 is 0 Å². The molecular weight excluding hydrogens is 329 g/mol. The summed E-state index contributed by atoms with van der Waals surface area (Å²) in [4.78, 5) is 10.5. The van der Waals surface area contributed by atoms with E-state index < -0.39 is 12.4 Å². The molecule has 0 saturated heterocycles. The fourth-order valence-electron chi connectivity index (χ4n) is 3.41. The summed E-state index contributed by atoms with van der Waals surface area (Å²) < 4.78 is 42.2. The topological polar surface area (TPSA) is 34.0 Å². The number of hydrogen-bond acceptors (Lipinski definition) is 3. The molecule has 0 fully saturated rings. The fourth-order valence-corrected chi connectivity index (χ4v) is 3.41. The fraction of sp³-hybridized carbons (Fsp3) is 0.333. The second-order valence-corrected chi connectivity index (χ2v) is 6.42. The third-order valence-corrected chi connectivity index (χ3v) is 4.74. The van der Waals surface area contributed by atoms with Crippen LogP contribution in [0.3, 0.4) is 0 Å². The van der Waals surface area contributed by atoms with Crippen molar-refractivity contribution in [3.63, 3.8) is 0 Å². The molecule has 0 spiro atoms. The molecule has 25 heavy (non-hydrogen) atoms. The molecule has 0 N–H and O–H groups in total. The van der Waals surface area contributed by atoms with E-state index in [1.165, 1.54) is 12.3 Å². The van der Waals surface area contributed by atoms with Crippen molar-refractivity contribution in [1.29, 1.82) is 0 Å². The minimum absolute atomic E-state index is 0.244. The molecule has 0 saturated carbocycles. The molecule has 0 amide bonds. The van der Waals surface area contributed by atoms with Gasteiger partial charge in [0.05, 0.1) is 11.4 Å². The van der Waals surface area contributed by atoms with Gasteiger partial charge in [-0.3, -0.25) is 9.55 Å². The first-order chi connectivity index (χ1) is 12.0. The first kappa shape index (κ1) is 16.1. The van der Waals surface area contributed by atoms with Gasteiger partial charge in [-0.25, -0.2) is 9.37 Å². The summed E-state index contributed by atoms with van der Waals surface area (Å²) in [5, 5.41) is 0.728. The number of nitrogens with zero attached hydrogens (tertiary/aromatic N) is 4. The molecular formula is C18H17F3N4. The van der Waals surface area contributed by atoms with Gasteiger partial charge in [-0.05, 0) is 37.7 Å². The number of fused-ring (bicyclic) bond motifs is 3. The lowest BCUT2D eigenvalue weighted by Gasteiger charge is -2.23. The normalized spacial score (nSPS) is 15.1. The van der Waals surface area contributed by atoms with Gasteiger partial charge in [0.1, 0.15) is 11.5 Å². The summed E-state index contributed by atoms with van der Waals surface area (Å²) in [6.07, 6.45) is 2.07. The van der Waals surface area contributed by atoms with Gasteiger partial charge in [0.2, 0.25) is 0 Å². The smallest absolute Gasteiger partial charge is 0.302 e. The monoisotopic (exact) mass is 346 g/mol. The first-order valence-corrected chi connectivity index (χ1v) is 8.07. The average molecular weight is 346 g/mol. The molecule has 130 valence electrons. The summed E-state index contributed by atoms with van der Waals surface area (Å²) in [5.41, 5.74) is 2.98. The van der Waals surface area contributed by atoms with Crippen LogP contribution in [-0.4, -0.2) is 33.0 Å². The molecule has 0 aliphatic carbocycles. The van der Waals surface area contributed by atoms with Crippen molar-refractivity contribution in [3.05, 3.63) is 47.2 Å². The standard InChI is InChI=1S/C18H17F3N4/c1-10-14(19)7-11(8-22-10)15-4-3-12-13-9-24(2)6-5-16(13)25(18(20)21)17(12)23-15/h3-4,7-8,18H,5-6,9H2,1-2H3. The highest BCUT2D eigenvalue weighted by atomic mass is 19.3. The average Bonchev–Trinajstić information content (AvgIpc) is 2.90. The van der Waals surface area contributed by atoms with Crippen molar-refractivity contribution in [2.24, 2.45) is 0 Å². The predicted octanol–water partition coefficient (Wildman–Crippen LogP) is 3.93. The van der Waals surface area contributed by atoms with Crippen molar-refractivity contribution < 1.29 is 13.2 Å². The quantitative estimate of drug-likeness (QED) is 0.705. The zero-order chi connectivity index (χ0) is 17.7. The van der Waals surface area contributed by atoms with Gasteiger partial charge in [-0.15, -0.1) is 0 Å². The number of hydrogen-bond donors (Lipinski definition) is 0. The van der Waals surface area contributed by atoms with Gasteiger partial charge >= 0.3 is 6.55 Å². The van der Waals surface area contributed by atoms with Crippen molar-refractivity contribution in [3.8, 4) is 11.3 Å². The molecule has 0 bridgehead atoms. The maximum atomic E-state index is 13.8. The number of alkyl halides is 2. The highest BCUT2D eigenvalue weighted by Crippen LogP contribution is 2.34. The Balaban J connectivity index is 1.93. The molecule has 4 heterocycles. The number of halogens is 3. The molecule has 4 rings (SSSR count). The van der Waals surface area contributed by atoms with Gasteiger partial charge in [0.25, 0.3) is 0 Å². The van der Waals surface area contributed by atoms with E-state index in [-0.39, 0.29) is 5.65 Å². The molecule has 1 aliphatic rings. The van der Waals surface area contributed by atoms with Gasteiger partial charge in [-0.1, -0.05) is 0 Å². The number of pyridine rings is 2. The lowest BCUT2D eigenvalue weighted by atomic mass is 10.1. The molecule has 7 heteroatoms. The summed E-state index contributed by atoms with van der Waals surface area (Å²) in [6, 6.07) is 4.87. The largest absolute Gasteiger partial charge is 0.320 e. The van der Waals surface area contributed by atoms with Crippen LogP contribution in [0.25, 0.3) is 22.3 Å². The summed E-state index contributed by atoms with van der Waals surface area (Å²) in [5.74, 6) is -0.440. The molecule has 3 aromatic heterocycles. The third kappa shape index (κ3) is 2.59. The van der Waals surface area contributed by atoms with E-state index in [0.717, 1.165) is 22.1 Å². The van der Waals surface area contributed by atoms with Crippen LogP contribution >= 0.6 is 0 Å². The first-order valence-electron chi connectivity index (χ1n) is 8.07. The second-order valence-electron chi connectivity index (χ2n) is 6.42. The van der Waals surface area contributed by atoms with Crippen molar-refractivity contribution >= 4 is 11.0 Å². The zero-order valence-corrected chi connectivity index (χ0v) is 13.9. The van der Waals surface area contributed by atoms with Crippen molar-refractivity contribution in [2.75, 3.05) is 13.6 Å². The highest BCUT2D eigenvalue weighted by Gasteiger charge is 2.27. The second kappa shape index (κ2) is 5.84. The van der Waals surface area contributed by atoms with E-state index in [4.69, 9.17) is 0 Å². The van der Waals surface area contributed by atoms with Crippen LogP contribution in [0.5, 0.6) is 0 Å². The number of aryl methyl sites for hydroxylation is 1. The Labute approximate surface area is 142 Å². The lowest BCUT2D eigenvalue weighted by molar-refractivity contribution is 0.0703. The van der Waals surface area contributed by atoms with Crippen LogP contribution in [0.1, 0.15) is 23.5 Å². The number of likely N-dealkylation sites (N-methyl/N-ethyl adjacent to an activating group) is 1. The summed E-state index contributed by atoms with van der Waals surface area (Å²) >= 11 is 0. The Hall–Kier alpha value is -2.41. The summed E-state index contributed by atoms with van der Waals surface area (Å²) in [7, 11) is 1.97. The number of aromatic nitrogens is 3. The third-order valence-electron chi connectivity index (χ3n) is 4.74. The van der Waals surface area contributed by atoms with Gasteiger partial charge in [0, 0.05) is 42.4 Å². The molecule has 0 radical (unpaired) electrons. The zero-order valence-electron chi connectivity index (χ0n) is 13.9. The predicted molar refractivity (Wildman–Crippen MR) is 89.0 cm³/mol. The Kier molecular flexibility index (Phi) is 3.76. The Morgan fingerprint density at radius 3 is 2.76 bits per heavy atom. The van der Waals surface area contributed by atoms with Gasteiger partial charge in [-0.2, -0.15) is 8.78 Å². The van der Waals surface area contributed by atoms with Gasteiger partial charge in [0.15, 0.2) is 0 Å². The number of rotatable bonds is 2. The van der Waals surface area contributed by atoms with Crippen LogP contribution in [0.2, 0.25) is 0 Å². The van der Waals surface area contributed by atoms with E-state index in [2.05, 4.69) is 14.9 Å². The van der Waals surface area contributed by atoms with Gasteiger partial charge < -0.3 is 4.90 Å². The van der Waals surface area contributed by atoms with Crippen molar-refractivity contribution in [2.45, 2.75) is 26.4 Å². The van der Waals surface area contributed by atoms with Crippen molar-refractivity contribution in [1.82, 2.24) is 19.4 Å². The lowest BCUT2D eigenvalue weighted by Crippen LogP contribution is -2.27. The van der Waals surface area contributed by atoms with Crippen LogP contribution < -0.4 is 0 Å². The SMILES string of the molecule is Cc1ncc(-c2ccc3c4c(n(C(F)F)c3n2)CCN(C)C4)cc1F. The molecule has 3 aromatic rings. The van der Waals surface area contributed by atoms with E-state index in [1.54, 1.807) is 19.1 Å². The molecule has 0 aromatic carbocycles. The Morgan fingerprint density at radius 1 is 1.24 bits per heavy atom. The van der Waals surface area contributed by atoms with Crippen LogP contribution in [0, 0.1) is 12.7 Å². The Morgan fingerprint density at radius 2 is 2.04 bits per heavy atom. The van der Waals surface area contributed by atoms with Crippen LogP contribution in [-0.2, 0) is 13.0 Å². The molecule has 1 aliphatic heterocycles.